The molecule has 2 heterocycles. The number of aryl methyl sites for hydroxylation is 1. The third-order valence-electron chi connectivity index (χ3n) is 4.33. The van der Waals surface area contributed by atoms with Crippen LogP contribution >= 0.6 is 11.6 Å². The molecule has 0 unspecified atom stereocenters. The summed E-state index contributed by atoms with van der Waals surface area (Å²) >= 11 is 5.87. The number of hydrogen-bond donors (Lipinski definition) is 1. The van der Waals surface area contributed by atoms with E-state index in [1.807, 2.05) is 0 Å². The molecule has 10 heteroatoms. The van der Waals surface area contributed by atoms with Gasteiger partial charge < -0.3 is 9.88 Å². The number of benzene rings is 1. The fourth-order valence-corrected chi connectivity index (χ4v) is 3.11. The zero-order chi connectivity index (χ0) is 18.9. The van der Waals surface area contributed by atoms with Gasteiger partial charge >= 0.3 is 6.18 Å². The highest BCUT2D eigenvalue weighted by Crippen LogP contribution is 2.34. The van der Waals surface area contributed by atoms with Crippen molar-refractivity contribution in [2.24, 2.45) is 5.92 Å². The van der Waals surface area contributed by atoms with E-state index >= 15 is 0 Å². The lowest BCUT2D eigenvalue weighted by Gasteiger charge is -2.26. The number of hydrogen-bond acceptors (Lipinski definition) is 3. The quantitative estimate of drug-likeness (QED) is 0.816. The van der Waals surface area contributed by atoms with E-state index in [1.165, 1.54) is 22.8 Å². The molecule has 1 aromatic heterocycles. The smallest absolute Gasteiger partial charge is 0.349 e. The van der Waals surface area contributed by atoms with Crippen LogP contribution in [0.5, 0.6) is 0 Å². The Morgan fingerprint density at radius 3 is 2.81 bits per heavy atom. The molecule has 0 aliphatic carbocycles. The molecule has 1 atom stereocenters. The van der Waals surface area contributed by atoms with Gasteiger partial charge in [-0.2, -0.15) is 13.2 Å². The maximum atomic E-state index is 13.7. The van der Waals surface area contributed by atoms with Crippen molar-refractivity contribution >= 4 is 17.5 Å². The zero-order valence-corrected chi connectivity index (χ0v) is 14.2. The minimum atomic E-state index is -4.29. The maximum absolute atomic E-state index is 13.7. The summed E-state index contributed by atoms with van der Waals surface area (Å²) in [6.07, 6.45) is -4.42. The number of fused-ring (bicyclic) bond motifs is 1. The van der Waals surface area contributed by atoms with Gasteiger partial charge in [0.15, 0.2) is 5.82 Å². The van der Waals surface area contributed by atoms with Crippen molar-refractivity contribution in [3.05, 3.63) is 46.3 Å². The molecule has 2 aromatic rings. The summed E-state index contributed by atoms with van der Waals surface area (Å²) in [5.41, 5.74) is 0.0621. The summed E-state index contributed by atoms with van der Waals surface area (Å²) in [4.78, 5) is 12.0. The van der Waals surface area contributed by atoms with Crippen LogP contribution in [-0.2, 0) is 30.7 Å². The molecule has 5 nitrogen and oxygen atoms in total. The van der Waals surface area contributed by atoms with E-state index in [2.05, 4.69) is 15.5 Å². The lowest BCUT2D eigenvalue weighted by molar-refractivity contribution is -0.182. The first kappa shape index (κ1) is 18.6. The predicted octanol–water partition coefficient (Wildman–Crippen LogP) is 3.05. The number of nitrogens with zero attached hydrogens (tertiary/aromatic N) is 3. The molecule has 1 amide bonds. The predicted molar refractivity (Wildman–Crippen MR) is 84.8 cm³/mol. The molecule has 140 valence electrons. The second-order valence-corrected chi connectivity index (χ2v) is 6.48. The number of carbonyl (C=O) groups is 1. The molecular formula is C16H15ClF4N4O. The number of aromatic nitrogens is 3. The van der Waals surface area contributed by atoms with Crippen LogP contribution in [0.4, 0.5) is 17.6 Å². The molecule has 0 saturated carbocycles. The van der Waals surface area contributed by atoms with Crippen LogP contribution in [0.2, 0.25) is 5.02 Å². The van der Waals surface area contributed by atoms with Crippen LogP contribution in [0.25, 0.3) is 0 Å². The highest BCUT2D eigenvalue weighted by molar-refractivity contribution is 6.31. The number of rotatable bonds is 4. The van der Waals surface area contributed by atoms with Crippen LogP contribution in [0.15, 0.2) is 18.2 Å². The molecule has 0 saturated heterocycles. The first-order valence-corrected chi connectivity index (χ1v) is 8.30. The number of halogens is 5. The number of carbonyl (C=O) groups excluding carboxylic acids is 1. The third kappa shape index (κ3) is 3.98. The highest BCUT2D eigenvalue weighted by Gasteiger charge is 2.42. The summed E-state index contributed by atoms with van der Waals surface area (Å²) < 4.78 is 53.9. The van der Waals surface area contributed by atoms with E-state index in [4.69, 9.17) is 11.6 Å². The average Bonchev–Trinajstić information content (AvgIpc) is 2.98. The molecule has 0 spiro atoms. The van der Waals surface area contributed by atoms with E-state index in [9.17, 15) is 22.4 Å². The van der Waals surface area contributed by atoms with Crippen molar-refractivity contribution in [1.29, 1.82) is 0 Å². The minimum absolute atomic E-state index is 0.0280. The monoisotopic (exact) mass is 390 g/mol. The molecule has 3 rings (SSSR count). The van der Waals surface area contributed by atoms with Crippen LogP contribution in [0.3, 0.4) is 0 Å². The van der Waals surface area contributed by atoms with Crippen molar-refractivity contribution in [1.82, 2.24) is 20.1 Å². The van der Waals surface area contributed by atoms with Crippen LogP contribution in [0.1, 0.15) is 23.6 Å². The number of amides is 1. The SMILES string of the molecule is O=C(Cc1c(F)cccc1Cl)NCc1nnc2n1C[C@H](C(F)(F)F)CC2. The average molecular weight is 391 g/mol. The van der Waals surface area contributed by atoms with Crippen LogP contribution in [-0.4, -0.2) is 26.8 Å². The molecule has 26 heavy (non-hydrogen) atoms. The van der Waals surface area contributed by atoms with Gasteiger partial charge in [-0.25, -0.2) is 4.39 Å². The van der Waals surface area contributed by atoms with Gasteiger partial charge in [0.2, 0.25) is 5.91 Å². The second-order valence-electron chi connectivity index (χ2n) is 6.07. The molecule has 1 aliphatic rings. The van der Waals surface area contributed by atoms with Crippen molar-refractivity contribution < 1.29 is 22.4 Å². The van der Waals surface area contributed by atoms with Crippen molar-refractivity contribution in [2.75, 3.05) is 0 Å². The van der Waals surface area contributed by atoms with Crippen LogP contribution < -0.4 is 5.32 Å². The molecule has 0 bridgehead atoms. The molecule has 1 aromatic carbocycles. The fraction of sp³-hybridized carbons (Fsp3) is 0.438. The summed E-state index contributed by atoms with van der Waals surface area (Å²) in [5.74, 6) is -1.87. The Morgan fingerprint density at radius 2 is 2.12 bits per heavy atom. The van der Waals surface area contributed by atoms with E-state index in [1.54, 1.807) is 0 Å². The molecule has 1 aliphatic heterocycles. The Morgan fingerprint density at radius 1 is 1.35 bits per heavy atom. The summed E-state index contributed by atoms with van der Waals surface area (Å²) in [7, 11) is 0. The first-order chi connectivity index (χ1) is 12.3. The molecule has 1 N–H and O–H groups in total. The van der Waals surface area contributed by atoms with Gasteiger partial charge in [-0.05, 0) is 18.6 Å². The topological polar surface area (TPSA) is 59.8 Å². The first-order valence-electron chi connectivity index (χ1n) is 7.93. The van der Waals surface area contributed by atoms with E-state index < -0.39 is 23.8 Å². The standard InChI is InChI=1S/C16H15ClF4N4O/c17-11-2-1-3-12(18)10(11)6-15(26)22-7-14-24-23-13-5-4-9(8-25(13)14)16(19,20)21/h1-3,9H,4-8H2,(H,22,26)/t9-/m1/s1. The van der Waals surface area contributed by atoms with Gasteiger partial charge in [0.1, 0.15) is 11.6 Å². The largest absolute Gasteiger partial charge is 0.393 e. The Kier molecular flexibility index (Phi) is 5.17. The van der Waals surface area contributed by atoms with Gasteiger partial charge in [0, 0.05) is 23.6 Å². The van der Waals surface area contributed by atoms with Crippen LogP contribution in [0, 0.1) is 11.7 Å². The lowest BCUT2D eigenvalue weighted by Crippen LogP contribution is -2.34. The summed E-state index contributed by atoms with van der Waals surface area (Å²) in [5, 5.41) is 10.4. The lowest BCUT2D eigenvalue weighted by atomic mass is 9.99. The minimum Gasteiger partial charge on any atom is -0.349 e. The molecule has 0 radical (unpaired) electrons. The van der Waals surface area contributed by atoms with Gasteiger partial charge in [-0.15, -0.1) is 10.2 Å². The van der Waals surface area contributed by atoms with Crippen molar-refractivity contribution in [3.63, 3.8) is 0 Å². The fourth-order valence-electron chi connectivity index (χ4n) is 2.88. The Balaban J connectivity index is 1.64. The number of nitrogens with one attached hydrogen (secondary N) is 1. The normalized spacial score (nSPS) is 17.0. The van der Waals surface area contributed by atoms with Gasteiger partial charge in [-0.1, -0.05) is 17.7 Å². The van der Waals surface area contributed by atoms with Gasteiger partial charge in [-0.3, -0.25) is 4.79 Å². The van der Waals surface area contributed by atoms with Crippen molar-refractivity contribution in [3.8, 4) is 0 Å². The van der Waals surface area contributed by atoms with E-state index in [0.717, 1.165) is 0 Å². The maximum Gasteiger partial charge on any atom is 0.393 e. The summed E-state index contributed by atoms with van der Waals surface area (Å²) in [6, 6.07) is 4.10. The van der Waals surface area contributed by atoms with Gasteiger partial charge in [0.25, 0.3) is 0 Å². The van der Waals surface area contributed by atoms with Gasteiger partial charge in [0.05, 0.1) is 18.9 Å². The Bertz CT molecular complexity index is 801. The Labute approximate surface area is 151 Å². The second kappa shape index (κ2) is 7.22. The third-order valence-corrected chi connectivity index (χ3v) is 4.68. The van der Waals surface area contributed by atoms with E-state index in [-0.39, 0.29) is 48.8 Å². The van der Waals surface area contributed by atoms with E-state index in [0.29, 0.717) is 5.82 Å². The summed E-state index contributed by atoms with van der Waals surface area (Å²) in [6.45, 7) is -0.362. The Hall–Kier alpha value is -2.16. The number of alkyl halides is 3. The highest BCUT2D eigenvalue weighted by atomic mass is 35.5. The zero-order valence-electron chi connectivity index (χ0n) is 13.5. The molecular weight excluding hydrogens is 376 g/mol. The van der Waals surface area contributed by atoms with Crippen molar-refractivity contribution in [2.45, 2.75) is 38.5 Å². The molecule has 0 fully saturated rings.